The molecule has 0 amide bonds. The number of nitrogens with one attached hydrogen (secondary N) is 1. The predicted octanol–water partition coefficient (Wildman–Crippen LogP) is 1.61. The minimum atomic E-state index is -2.87. The van der Waals surface area contributed by atoms with Gasteiger partial charge in [-0.05, 0) is 30.9 Å². The zero-order chi connectivity index (χ0) is 12.6. The number of aryl methyl sites for hydroxylation is 1. The average Bonchev–Trinajstić information content (AvgIpc) is 2.68. The number of rotatable bonds is 2. The summed E-state index contributed by atoms with van der Waals surface area (Å²) in [6, 6.07) is 6.00. The summed E-state index contributed by atoms with van der Waals surface area (Å²) >= 11 is 0. The van der Waals surface area contributed by atoms with Gasteiger partial charge in [-0.3, -0.25) is 0 Å². The van der Waals surface area contributed by atoms with E-state index < -0.39 is 9.84 Å². The minimum absolute atomic E-state index is 0.150. The molecule has 0 aromatic heterocycles. The van der Waals surface area contributed by atoms with Gasteiger partial charge in [0, 0.05) is 18.3 Å². The molecule has 1 atom stereocenters. The van der Waals surface area contributed by atoms with Crippen molar-refractivity contribution in [3.8, 4) is 5.75 Å². The highest BCUT2D eigenvalue weighted by Crippen LogP contribution is 2.28. The van der Waals surface area contributed by atoms with Crippen molar-refractivity contribution < 1.29 is 13.2 Å². The maximum absolute atomic E-state index is 11.4. The van der Waals surface area contributed by atoms with Crippen LogP contribution in [0.2, 0.25) is 0 Å². The topological polar surface area (TPSA) is 55.4 Å². The highest BCUT2D eigenvalue weighted by Gasteiger charge is 2.29. The molecule has 0 saturated carbocycles. The van der Waals surface area contributed by atoms with Crippen LogP contribution >= 0.6 is 0 Å². The number of fused-ring (bicyclic) bond motifs is 1. The van der Waals surface area contributed by atoms with Gasteiger partial charge in [-0.1, -0.05) is 6.07 Å². The van der Waals surface area contributed by atoms with Crippen molar-refractivity contribution in [1.82, 2.24) is 0 Å². The fourth-order valence-corrected chi connectivity index (χ4v) is 4.15. The highest BCUT2D eigenvalue weighted by atomic mass is 32.2. The van der Waals surface area contributed by atoms with E-state index in [4.69, 9.17) is 4.74 Å². The van der Waals surface area contributed by atoms with E-state index in [9.17, 15) is 8.42 Å². The van der Waals surface area contributed by atoms with Crippen molar-refractivity contribution in [1.29, 1.82) is 0 Å². The monoisotopic (exact) mass is 267 g/mol. The Balaban J connectivity index is 1.74. The molecular weight excluding hydrogens is 250 g/mol. The smallest absolute Gasteiger partial charge is 0.154 e. The third-order valence-electron chi connectivity index (χ3n) is 3.51. The Morgan fingerprint density at radius 1 is 1.33 bits per heavy atom. The Morgan fingerprint density at radius 2 is 2.22 bits per heavy atom. The second kappa shape index (κ2) is 4.46. The van der Waals surface area contributed by atoms with Crippen LogP contribution in [0, 0.1) is 0 Å². The van der Waals surface area contributed by atoms with E-state index in [1.54, 1.807) is 0 Å². The predicted molar refractivity (Wildman–Crippen MR) is 70.9 cm³/mol. The molecule has 4 nitrogen and oxygen atoms in total. The van der Waals surface area contributed by atoms with Crippen molar-refractivity contribution in [3.63, 3.8) is 0 Å². The van der Waals surface area contributed by atoms with E-state index in [0.717, 1.165) is 30.8 Å². The summed E-state index contributed by atoms with van der Waals surface area (Å²) in [7, 11) is -2.87. The molecule has 5 heteroatoms. The summed E-state index contributed by atoms with van der Waals surface area (Å²) in [5.74, 6) is 1.17. The average molecular weight is 267 g/mol. The van der Waals surface area contributed by atoms with E-state index in [1.807, 2.05) is 12.1 Å². The number of anilines is 1. The summed E-state index contributed by atoms with van der Waals surface area (Å²) in [5.41, 5.74) is 2.44. The largest absolute Gasteiger partial charge is 0.489 e. The lowest BCUT2D eigenvalue weighted by atomic mass is 10.0. The molecule has 1 aromatic carbocycles. The van der Waals surface area contributed by atoms with Crippen molar-refractivity contribution >= 4 is 15.5 Å². The van der Waals surface area contributed by atoms with E-state index in [2.05, 4.69) is 11.4 Å². The second-order valence-corrected chi connectivity index (χ2v) is 7.22. The van der Waals surface area contributed by atoms with Crippen LogP contribution in [0.4, 0.5) is 5.69 Å². The molecule has 2 aliphatic heterocycles. The number of benzene rings is 1. The van der Waals surface area contributed by atoms with Gasteiger partial charge in [0.15, 0.2) is 9.84 Å². The van der Waals surface area contributed by atoms with Crippen molar-refractivity contribution in [2.24, 2.45) is 0 Å². The molecule has 2 heterocycles. The Morgan fingerprint density at radius 3 is 3.00 bits per heavy atom. The van der Waals surface area contributed by atoms with Crippen molar-refractivity contribution in [3.05, 3.63) is 23.8 Å². The van der Waals surface area contributed by atoms with Gasteiger partial charge in [-0.25, -0.2) is 8.42 Å². The van der Waals surface area contributed by atoms with Gasteiger partial charge in [0.05, 0.1) is 11.5 Å². The molecule has 0 radical (unpaired) electrons. The number of sulfone groups is 1. The Labute approximate surface area is 107 Å². The molecular formula is C13H17NO3S. The van der Waals surface area contributed by atoms with Crippen LogP contribution in [0.5, 0.6) is 5.75 Å². The first-order chi connectivity index (χ1) is 8.62. The van der Waals surface area contributed by atoms with Crippen LogP contribution in [0.1, 0.15) is 18.4 Å². The molecule has 18 heavy (non-hydrogen) atoms. The van der Waals surface area contributed by atoms with Gasteiger partial charge < -0.3 is 10.1 Å². The molecule has 1 N–H and O–H groups in total. The Hall–Kier alpha value is -1.23. The van der Waals surface area contributed by atoms with Crippen LogP contribution in [0.15, 0.2) is 18.2 Å². The first kappa shape index (κ1) is 11.8. The molecule has 1 saturated heterocycles. The fourth-order valence-electron chi connectivity index (χ4n) is 2.56. The molecule has 0 spiro atoms. The highest BCUT2D eigenvalue weighted by molar-refractivity contribution is 7.91. The zero-order valence-electron chi connectivity index (χ0n) is 10.2. The lowest BCUT2D eigenvalue weighted by Gasteiger charge is -2.20. The van der Waals surface area contributed by atoms with Gasteiger partial charge in [0.25, 0.3) is 0 Å². The first-order valence-electron chi connectivity index (χ1n) is 6.36. The molecule has 1 fully saturated rings. The number of ether oxygens (including phenoxy) is 1. The van der Waals surface area contributed by atoms with Crippen LogP contribution in [-0.2, 0) is 16.3 Å². The van der Waals surface area contributed by atoms with Crippen LogP contribution in [0.3, 0.4) is 0 Å². The third-order valence-corrected chi connectivity index (χ3v) is 5.25. The maximum Gasteiger partial charge on any atom is 0.154 e. The molecule has 0 aliphatic carbocycles. The summed E-state index contributed by atoms with van der Waals surface area (Å²) in [6.07, 6.45) is 2.68. The summed E-state index contributed by atoms with van der Waals surface area (Å²) < 4.78 is 28.5. The lowest BCUT2D eigenvalue weighted by molar-refractivity contribution is 0.229. The summed E-state index contributed by atoms with van der Waals surface area (Å²) in [5, 5.41) is 3.35. The zero-order valence-corrected chi connectivity index (χ0v) is 11.0. The van der Waals surface area contributed by atoms with Crippen LogP contribution in [0.25, 0.3) is 0 Å². The Bertz CT molecular complexity index is 553. The normalized spacial score (nSPS) is 25.2. The van der Waals surface area contributed by atoms with E-state index in [1.165, 1.54) is 5.56 Å². The Kier molecular flexibility index (Phi) is 2.93. The standard InChI is InChI=1S/C13H17NO3S/c15-18(16)7-5-12(9-18)17-11-4-3-10-2-1-6-14-13(10)8-11/h3-4,8,12,14H,1-2,5-7,9H2. The molecule has 1 unspecified atom stereocenters. The van der Waals surface area contributed by atoms with E-state index in [0.29, 0.717) is 6.42 Å². The SMILES string of the molecule is O=S1(=O)CCC(Oc2ccc3c(c2)NCCC3)C1. The van der Waals surface area contributed by atoms with Gasteiger partial charge in [0.2, 0.25) is 0 Å². The quantitative estimate of drug-likeness (QED) is 0.884. The molecule has 3 rings (SSSR count). The van der Waals surface area contributed by atoms with E-state index >= 15 is 0 Å². The fraction of sp³-hybridized carbons (Fsp3) is 0.538. The van der Waals surface area contributed by atoms with Crippen LogP contribution < -0.4 is 10.1 Å². The van der Waals surface area contributed by atoms with Gasteiger partial charge in [-0.15, -0.1) is 0 Å². The first-order valence-corrected chi connectivity index (χ1v) is 8.18. The summed E-state index contributed by atoms with van der Waals surface area (Å²) in [6.45, 7) is 0.994. The van der Waals surface area contributed by atoms with Crippen molar-refractivity contribution in [2.45, 2.75) is 25.4 Å². The molecule has 98 valence electrons. The molecule has 0 bridgehead atoms. The molecule has 2 aliphatic rings. The minimum Gasteiger partial charge on any atom is -0.489 e. The van der Waals surface area contributed by atoms with Crippen molar-refractivity contribution in [2.75, 3.05) is 23.4 Å². The molecule has 1 aromatic rings. The number of hydrogen-bond acceptors (Lipinski definition) is 4. The third kappa shape index (κ3) is 2.46. The lowest BCUT2D eigenvalue weighted by Crippen LogP contribution is -2.18. The van der Waals surface area contributed by atoms with Gasteiger partial charge in [-0.2, -0.15) is 0 Å². The van der Waals surface area contributed by atoms with Crippen LogP contribution in [-0.4, -0.2) is 32.6 Å². The number of hydrogen-bond donors (Lipinski definition) is 1. The van der Waals surface area contributed by atoms with Gasteiger partial charge >= 0.3 is 0 Å². The summed E-state index contributed by atoms with van der Waals surface area (Å²) in [4.78, 5) is 0. The second-order valence-electron chi connectivity index (χ2n) is 4.99. The van der Waals surface area contributed by atoms with E-state index in [-0.39, 0.29) is 17.6 Å². The van der Waals surface area contributed by atoms with Gasteiger partial charge in [0.1, 0.15) is 11.9 Å². The maximum atomic E-state index is 11.4.